The number of alkyl halides is 3. The maximum Gasteiger partial charge on any atom is 0.435 e. The van der Waals surface area contributed by atoms with Crippen LogP contribution >= 0.6 is 11.3 Å². The number of amides is 1. The van der Waals surface area contributed by atoms with E-state index in [1.54, 1.807) is 21.0 Å². The maximum atomic E-state index is 12.9. The lowest BCUT2D eigenvalue weighted by Crippen LogP contribution is -2.21. The minimum Gasteiger partial charge on any atom is -0.344 e. The second-order valence-electron chi connectivity index (χ2n) is 6.80. The van der Waals surface area contributed by atoms with Gasteiger partial charge in [-0.05, 0) is 25.5 Å². The normalized spacial score (nSPS) is 12.2. The zero-order valence-electron chi connectivity index (χ0n) is 15.9. The summed E-state index contributed by atoms with van der Waals surface area (Å²) in [5.74, 6) is 0.167. The van der Waals surface area contributed by atoms with Crippen molar-refractivity contribution in [3.63, 3.8) is 0 Å². The molecule has 0 aliphatic carbocycles. The Morgan fingerprint density at radius 2 is 1.97 bits per heavy atom. The number of carbonyl (C=O) groups excluding carboxylic acids is 1. The molecule has 0 atom stereocenters. The Balaban J connectivity index is 1.78. The lowest BCUT2D eigenvalue weighted by molar-refractivity contribution is -0.141. The molecule has 8 nitrogen and oxygen atoms in total. The molecule has 0 bridgehead atoms. The van der Waals surface area contributed by atoms with Gasteiger partial charge < -0.3 is 4.90 Å². The van der Waals surface area contributed by atoms with Crippen LogP contribution in [0.1, 0.15) is 32.4 Å². The molecule has 0 radical (unpaired) electrons. The Morgan fingerprint density at radius 1 is 1.24 bits per heavy atom. The first-order valence-electron chi connectivity index (χ1n) is 8.53. The van der Waals surface area contributed by atoms with Crippen molar-refractivity contribution in [2.45, 2.75) is 26.6 Å². The van der Waals surface area contributed by atoms with Crippen LogP contribution in [0.4, 0.5) is 13.2 Å². The van der Waals surface area contributed by atoms with Crippen molar-refractivity contribution in [2.24, 2.45) is 0 Å². The van der Waals surface area contributed by atoms with Crippen LogP contribution in [0.15, 0.2) is 12.4 Å². The fourth-order valence-electron chi connectivity index (χ4n) is 2.99. The summed E-state index contributed by atoms with van der Waals surface area (Å²) in [4.78, 5) is 23.9. The van der Waals surface area contributed by atoms with Crippen LogP contribution in [0.25, 0.3) is 15.9 Å². The predicted molar refractivity (Wildman–Crippen MR) is 100.0 cm³/mol. The second-order valence-corrected chi connectivity index (χ2v) is 7.80. The molecule has 152 valence electrons. The number of aromatic nitrogens is 6. The summed E-state index contributed by atoms with van der Waals surface area (Å²) in [6, 6.07) is 0.984. The van der Waals surface area contributed by atoms with Gasteiger partial charge in [-0.1, -0.05) is 0 Å². The quantitative estimate of drug-likeness (QED) is 0.506. The average Bonchev–Trinajstić information content (AvgIpc) is 3.29. The first kappa shape index (κ1) is 19.3. The molecule has 1 amide bonds. The highest BCUT2D eigenvalue weighted by atomic mass is 32.1. The Labute approximate surface area is 166 Å². The van der Waals surface area contributed by atoms with Gasteiger partial charge >= 0.3 is 6.18 Å². The van der Waals surface area contributed by atoms with Gasteiger partial charge in [0.05, 0.1) is 10.3 Å². The number of carbonyl (C=O) groups is 1. The summed E-state index contributed by atoms with van der Waals surface area (Å²) in [6.07, 6.45) is -3.04. The van der Waals surface area contributed by atoms with E-state index in [-0.39, 0.29) is 12.5 Å². The monoisotopic (exact) mass is 423 g/mol. The molecule has 29 heavy (non-hydrogen) atoms. The minimum atomic E-state index is -4.51. The summed E-state index contributed by atoms with van der Waals surface area (Å²) in [6.45, 7) is 3.34. The summed E-state index contributed by atoms with van der Waals surface area (Å²) in [5, 5.41) is 8.63. The fourth-order valence-corrected chi connectivity index (χ4v) is 4.16. The molecule has 0 N–H and O–H groups in total. The van der Waals surface area contributed by atoms with Gasteiger partial charge in [0.25, 0.3) is 5.91 Å². The first-order valence-corrected chi connectivity index (χ1v) is 9.34. The van der Waals surface area contributed by atoms with E-state index in [2.05, 4.69) is 20.2 Å². The Morgan fingerprint density at radius 3 is 2.59 bits per heavy atom. The number of thiophene rings is 1. The van der Waals surface area contributed by atoms with Gasteiger partial charge in [-0.25, -0.2) is 14.5 Å². The lowest BCUT2D eigenvalue weighted by atomic mass is 10.2. The van der Waals surface area contributed by atoms with Gasteiger partial charge in [-0.3, -0.25) is 9.48 Å². The number of hydrogen-bond donors (Lipinski definition) is 0. The van der Waals surface area contributed by atoms with E-state index in [4.69, 9.17) is 0 Å². The predicted octanol–water partition coefficient (Wildman–Crippen LogP) is 2.92. The zero-order valence-corrected chi connectivity index (χ0v) is 16.8. The van der Waals surface area contributed by atoms with Crippen LogP contribution in [-0.2, 0) is 12.7 Å². The number of nitrogens with zero attached hydrogens (tertiary/aromatic N) is 7. The first-order chi connectivity index (χ1) is 13.6. The highest BCUT2D eigenvalue weighted by molar-refractivity contribution is 7.20. The molecule has 0 aromatic carbocycles. The molecule has 0 saturated heterocycles. The summed E-state index contributed by atoms with van der Waals surface area (Å²) < 4.78 is 41.3. The van der Waals surface area contributed by atoms with Crippen molar-refractivity contribution >= 4 is 33.1 Å². The Bertz CT molecular complexity index is 1250. The lowest BCUT2D eigenvalue weighted by Gasteiger charge is -2.08. The van der Waals surface area contributed by atoms with E-state index in [1.807, 2.05) is 6.92 Å². The smallest absolute Gasteiger partial charge is 0.344 e. The van der Waals surface area contributed by atoms with Crippen molar-refractivity contribution in [1.29, 1.82) is 0 Å². The van der Waals surface area contributed by atoms with Crippen LogP contribution in [0, 0.1) is 13.8 Å². The molecule has 0 unspecified atom stereocenters. The molecule has 0 aliphatic heterocycles. The molecule has 0 aliphatic rings. The second kappa shape index (κ2) is 6.51. The van der Waals surface area contributed by atoms with Crippen LogP contribution in [0.5, 0.6) is 0 Å². The molecule has 4 aromatic heterocycles. The van der Waals surface area contributed by atoms with E-state index in [1.165, 1.54) is 31.8 Å². The van der Waals surface area contributed by atoms with Gasteiger partial charge in [0, 0.05) is 19.8 Å². The molecule has 4 rings (SSSR count). The van der Waals surface area contributed by atoms with Gasteiger partial charge in [0.15, 0.2) is 17.2 Å². The molecule has 0 saturated carbocycles. The largest absolute Gasteiger partial charge is 0.435 e. The third kappa shape index (κ3) is 3.22. The molecular weight excluding hydrogens is 407 g/mol. The van der Waals surface area contributed by atoms with Gasteiger partial charge in [0.2, 0.25) is 0 Å². The zero-order chi connectivity index (χ0) is 21.1. The highest BCUT2D eigenvalue weighted by Gasteiger charge is 2.34. The number of aryl methyl sites for hydroxylation is 2. The SMILES string of the molecule is Cc1c(C(=O)N(C)C)sc2ncn3nc(Cn4nc(C(F)(F)F)cc4C)nc3c12. The molecule has 4 aromatic rings. The van der Waals surface area contributed by atoms with Crippen LogP contribution < -0.4 is 0 Å². The van der Waals surface area contributed by atoms with Gasteiger partial charge in [0.1, 0.15) is 17.7 Å². The maximum absolute atomic E-state index is 12.9. The molecule has 0 spiro atoms. The van der Waals surface area contributed by atoms with Crippen molar-refractivity contribution < 1.29 is 18.0 Å². The van der Waals surface area contributed by atoms with E-state index in [0.29, 0.717) is 32.3 Å². The third-order valence-electron chi connectivity index (χ3n) is 4.47. The average molecular weight is 423 g/mol. The standard InChI is InChI=1S/C17H16F3N7OS/c1-8-5-10(17(18,19)20)23-26(8)6-11-22-14-12-9(2)13(16(28)25(3)4)29-15(12)21-7-27(14)24-11/h5,7H,6H2,1-4H3. The molecule has 12 heteroatoms. The van der Waals surface area contributed by atoms with Crippen LogP contribution in [0.2, 0.25) is 0 Å². The van der Waals surface area contributed by atoms with E-state index in [9.17, 15) is 18.0 Å². The Hall–Kier alpha value is -3.02. The highest BCUT2D eigenvalue weighted by Crippen LogP contribution is 2.32. The van der Waals surface area contributed by atoms with Gasteiger partial charge in [-0.15, -0.1) is 16.4 Å². The van der Waals surface area contributed by atoms with E-state index >= 15 is 0 Å². The van der Waals surface area contributed by atoms with Crippen molar-refractivity contribution in [1.82, 2.24) is 34.3 Å². The summed E-state index contributed by atoms with van der Waals surface area (Å²) >= 11 is 1.27. The van der Waals surface area contributed by atoms with E-state index < -0.39 is 11.9 Å². The minimum absolute atomic E-state index is 0.0161. The fraction of sp³-hybridized carbons (Fsp3) is 0.353. The molecule has 0 fully saturated rings. The summed E-state index contributed by atoms with van der Waals surface area (Å²) in [7, 11) is 3.35. The van der Waals surface area contributed by atoms with Crippen LogP contribution in [0.3, 0.4) is 0 Å². The number of fused-ring (bicyclic) bond motifs is 3. The number of rotatable bonds is 3. The van der Waals surface area contributed by atoms with Crippen LogP contribution in [-0.4, -0.2) is 54.3 Å². The summed E-state index contributed by atoms with van der Waals surface area (Å²) in [5.41, 5.74) is 0.640. The Kier molecular flexibility index (Phi) is 4.33. The topological polar surface area (TPSA) is 81.2 Å². The number of halogens is 3. The van der Waals surface area contributed by atoms with Crippen molar-refractivity contribution in [3.05, 3.63) is 40.0 Å². The third-order valence-corrected chi connectivity index (χ3v) is 5.66. The van der Waals surface area contributed by atoms with Gasteiger partial charge in [-0.2, -0.15) is 18.3 Å². The van der Waals surface area contributed by atoms with E-state index in [0.717, 1.165) is 11.6 Å². The molecule has 4 heterocycles. The number of hydrogen-bond acceptors (Lipinski definition) is 6. The molecular formula is C17H16F3N7OS. The van der Waals surface area contributed by atoms with Crippen molar-refractivity contribution in [2.75, 3.05) is 14.1 Å². The van der Waals surface area contributed by atoms with Crippen molar-refractivity contribution in [3.8, 4) is 0 Å².